The molecule has 4 rings (SSSR count). The van der Waals surface area contributed by atoms with Gasteiger partial charge in [0.1, 0.15) is 5.58 Å². The maximum atomic E-state index is 12.9. The zero-order chi connectivity index (χ0) is 18.1. The number of nitrogens with one attached hydrogen (secondary N) is 1. The molecule has 5 nitrogen and oxygen atoms in total. The maximum Gasteiger partial charge on any atom is 0.256 e. The Morgan fingerprint density at radius 3 is 2.62 bits per heavy atom. The number of anilines is 1. The van der Waals surface area contributed by atoms with Gasteiger partial charge in [-0.15, -0.1) is 0 Å². The Kier molecular flexibility index (Phi) is 4.05. The molecule has 0 aliphatic carbocycles. The Morgan fingerprint density at radius 1 is 1.08 bits per heavy atom. The van der Waals surface area contributed by atoms with Crippen LogP contribution in [0.15, 0.2) is 65.3 Å². The quantitative estimate of drug-likeness (QED) is 0.563. The number of rotatable bonds is 4. The first-order chi connectivity index (χ1) is 12.6. The molecule has 0 fully saturated rings. The fourth-order valence-corrected chi connectivity index (χ4v) is 2.97. The molecule has 130 valence electrons. The monoisotopic (exact) mass is 346 g/mol. The molecule has 0 spiro atoms. The molecule has 0 bridgehead atoms. The number of pyridine rings is 1. The zero-order valence-electron chi connectivity index (χ0n) is 14.5. The minimum absolute atomic E-state index is 0.00269. The van der Waals surface area contributed by atoms with E-state index in [1.807, 2.05) is 38.1 Å². The second-order valence-electron chi connectivity index (χ2n) is 6.27. The number of aromatic nitrogens is 1. The summed E-state index contributed by atoms with van der Waals surface area (Å²) in [4.78, 5) is 16.9. The van der Waals surface area contributed by atoms with Gasteiger partial charge in [0.2, 0.25) is 0 Å². The van der Waals surface area contributed by atoms with E-state index in [9.17, 15) is 4.79 Å². The van der Waals surface area contributed by atoms with E-state index in [0.717, 1.165) is 16.4 Å². The lowest BCUT2D eigenvalue weighted by atomic mass is 10.0. The van der Waals surface area contributed by atoms with Gasteiger partial charge in [0.05, 0.1) is 11.7 Å². The minimum atomic E-state index is -0.205. The normalized spacial score (nSPS) is 11.2. The van der Waals surface area contributed by atoms with Crippen LogP contribution < -0.4 is 10.1 Å². The number of hydrogen-bond donors (Lipinski definition) is 1. The van der Waals surface area contributed by atoms with Gasteiger partial charge >= 0.3 is 0 Å². The van der Waals surface area contributed by atoms with Crippen LogP contribution >= 0.6 is 0 Å². The number of amides is 1. The first kappa shape index (κ1) is 16.1. The van der Waals surface area contributed by atoms with Crippen molar-refractivity contribution in [3.05, 3.63) is 66.5 Å². The highest BCUT2D eigenvalue weighted by molar-refractivity contribution is 6.20. The largest absolute Gasteiger partial charge is 0.487 e. The lowest BCUT2D eigenvalue weighted by Crippen LogP contribution is -2.13. The summed E-state index contributed by atoms with van der Waals surface area (Å²) in [6, 6.07) is 14.7. The molecule has 0 aliphatic rings. The number of fused-ring (bicyclic) bond motifs is 3. The highest BCUT2D eigenvalue weighted by atomic mass is 16.5. The fourth-order valence-electron chi connectivity index (χ4n) is 2.97. The summed E-state index contributed by atoms with van der Waals surface area (Å²) in [7, 11) is 0. The molecule has 0 saturated carbocycles. The summed E-state index contributed by atoms with van der Waals surface area (Å²) in [6.45, 7) is 3.91. The molecule has 0 unspecified atom stereocenters. The second-order valence-corrected chi connectivity index (χ2v) is 6.27. The average Bonchev–Trinajstić information content (AvgIpc) is 3.02. The van der Waals surface area contributed by atoms with E-state index in [4.69, 9.17) is 9.15 Å². The number of nitrogens with zero attached hydrogens (tertiary/aromatic N) is 1. The van der Waals surface area contributed by atoms with Crippen LogP contribution in [0.4, 0.5) is 5.69 Å². The molecule has 0 saturated heterocycles. The van der Waals surface area contributed by atoms with Crippen LogP contribution in [0.2, 0.25) is 0 Å². The molecule has 0 radical (unpaired) electrons. The smallest absolute Gasteiger partial charge is 0.256 e. The van der Waals surface area contributed by atoms with E-state index >= 15 is 0 Å². The molecular formula is C21H18N2O3. The molecule has 1 amide bonds. The molecule has 0 atom stereocenters. The Balaban J connectivity index is 1.88. The van der Waals surface area contributed by atoms with Gasteiger partial charge in [-0.25, -0.2) is 0 Å². The summed E-state index contributed by atoms with van der Waals surface area (Å²) < 4.78 is 11.9. The topological polar surface area (TPSA) is 64.4 Å². The Bertz CT molecular complexity index is 1080. The molecule has 2 heterocycles. The van der Waals surface area contributed by atoms with E-state index in [2.05, 4.69) is 10.3 Å². The van der Waals surface area contributed by atoms with Gasteiger partial charge in [-0.3, -0.25) is 9.78 Å². The van der Waals surface area contributed by atoms with Gasteiger partial charge < -0.3 is 14.5 Å². The molecule has 2 aromatic heterocycles. The molecule has 26 heavy (non-hydrogen) atoms. The average molecular weight is 346 g/mol. The summed E-state index contributed by atoms with van der Waals surface area (Å²) in [5, 5.41) is 4.54. The van der Waals surface area contributed by atoms with Crippen molar-refractivity contribution < 1.29 is 13.9 Å². The Morgan fingerprint density at radius 2 is 1.85 bits per heavy atom. The van der Waals surface area contributed by atoms with Gasteiger partial charge in [0, 0.05) is 28.9 Å². The number of furan rings is 1. The molecule has 5 heteroatoms. The van der Waals surface area contributed by atoms with E-state index in [-0.39, 0.29) is 12.0 Å². The first-order valence-corrected chi connectivity index (χ1v) is 8.46. The van der Waals surface area contributed by atoms with Gasteiger partial charge in [-0.05, 0) is 44.2 Å². The van der Waals surface area contributed by atoms with Crippen LogP contribution in [0.25, 0.3) is 21.9 Å². The van der Waals surface area contributed by atoms with Crippen molar-refractivity contribution in [2.45, 2.75) is 20.0 Å². The van der Waals surface area contributed by atoms with E-state index < -0.39 is 0 Å². The Hall–Kier alpha value is -3.34. The third-order valence-electron chi connectivity index (χ3n) is 4.04. The van der Waals surface area contributed by atoms with E-state index in [0.29, 0.717) is 22.6 Å². The lowest BCUT2D eigenvalue weighted by molar-refractivity contribution is 0.102. The minimum Gasteiger partial charge on any atom is -0.487 e. The summed E-state index contributed by atoms with van der Waals surface area (Å²) in [5.74, 6) is 0.426. The van der Waals surface area contributed by atoms with Crippen LogP contribution in [0.3, 0.4) is 0 Å². The molecule has 4 aromatic rings. The van der Waals surface area contributed by atoms with E-state index in [1.54, 1.807) is 36.7 Å². The first-order valence-electron chi connectivity index (χ1n) is 8.46. The molecular weight excluding hydrogens is 328 g/mol. The second kappa shape index (κ2) is 6.52. The third-order valence-corrected chi connectivity index (χ3v) is 4.04. The van der Waals surface area contributed by atoms with Gasteiger partial charge in [-0.1, -0.05) is 18.2 Å². The Labute approximate surface area is 150 Å². The predicted octanol–water partition coefficient (Wildman–Crippen LogP) is 5.02. The number of benzene rings is 2. The highest BCUT2D eigenvalue weighted by Gasteiger charge is 2.20. The van der Waals surface area contributed by atoms with Crippen LogP contribution in [-0.4, -0.2) is 17.0 Å². The van der Waals surface area contributed by atoms with Crippen LogP contribution in [0.5, 0.6) is 5.75 Å². The highest BCUT2D eigenvalue weighted by Crippen LogP contribution is 2.37. The summed E-state index contributed by atoms with van der Waals surface area (Å²) >= 11 is 0. The van der Waals surface area contributed by atoms with Crippen molar-refractivity contribution >= 4 is 33.5 Å². The number of para-hydroxylation sites is 1. The number of hydrogen-bond acceptors (Lipinski definition) is 4. The maximum absolute atomic E-state index is 12.9. The van der Waals surface area contributed by atoms with Gasteiger partial charge in [0.25, 0.3) is 5.91 Å². The summed E-state index contributed by atoms with van der Waals surface area (Å²) in [6.07, 6.45) is 3.28. The number of carbonyl (C=O) groups excluding carboxylic acids is 1. The summed E-state index contributed by atoms with van der Waals surface area (Å²) in [5.41, 5.74) is 2.54. The van der Waals surface area contributed by atoms with Crippen LogP contribution in [-0.2, 0) is 0 Å². The SMILES string of the molecule is CC(C)Oc1ccc(C(=O)Nc2ccncc2)c2c1oc1ccccc12. The zero-order valence-corrected chi connectivity index (χ0v) is 14.5. The van der Waals surface area contributed by atoms with Crippen molar-refractivity contribution in [3.63, 3.8) is 0 Å². The fraction of sp³-hybridized carbons (Fsp3) is 0.143. The van der Waals surface area contributed by atoms with Crippen molar-refractivity contribution in [2.24, 2.45) is 0 Å². The lowest BCUT2D eigenvalue weighted by Gasteiger charge is -2.12. The number of ether oxygens (including phenoxy) is 1. The van der Waals surface area contributed by atoms with Crippen molar-refractivity contribution in [2.75, 3.05) is 5.32 Å². The molecule has 2 aromatic carbocycles. The molecule has 0 aliphatic heterocycles. The standard InChI is InChI=1S/C21H18N2O3/c1-13(2)25-18-8-7-16(21(24)23-14-9-11-22-12-10-14)19-15-5-3-4-6-17(15)26-20(18)19/h3-13H,1-2H3,(H,22,23,24). The third kappa shape index (κ3) is 2.88. The predicted molar refractivity (Wildman–Crippen MR) is 102 cm³/mol. The van der Waals surface area contributed by atoms with E-state index in [1.165, 1.54) is 0 Å². The van der Waals surface area contributed by atoms with Crippen molar-refractivity contribution in [1.29, 1.82) is 0 Å². The van der Waals surface area contributed by atoms with Crippen LogP contribution in [0, 0.1) is 0 Å². The van der Waals surface area contributed by atoms with Crippen LogP contribution in [0.1, 0.15) is 24.2 Å². The molecule has 1 N–H and O–H groups in total. The van der Waals surface area contributed by atoms with Crippen molar-refractivity contribution in [1.82, 2.24) is 4.98 Å². The van der Waals surface area contributed by atoms with Gasteiger partial charge in [0.15, 0.2) is 11.3 Å². The van der Waals surface area contributed by atoms with Crippen molar-refractivity contribution in [3.8, 4) is 5.75 Å². The van der Waals surface area contributed by atoms with Gasteiger partial charge in [-0.2, -0.15) is 0 Å². The number of carbonyl (C=O) groups is 1.